The number of para-hydroxylation sites is 4. The highest BCUT2D eigenvalue weighted by atomic mass is 16.5. The van der Waals surface area contributed by atoms with E-state index in [0.717, 1.165) is 79.0 Å². The molecule has 12 aromatic carbocycles. The number of rotatable bonds is 8. The zero-order valence-corrected chi connectivity index (χ0v) is 39.4. The van der Waals surface area contributed by atoms with Gasteiger partial charge < -0.3 is 14.5 Å². The van der Waals surface area contributed by atoms with Crippen molar-refractivity contribution in [3.63, 3.8) is 0 Å². The molecule has 3 nitrogen and oxygen atoms in total. The molecule has 1 aliphatic heterocycles. The van der Waals surface area contributed by atoms with E-state index in [1.807, 2.05) is 0 Å². The summed E-state index contributed by atoms with van der Waals surface area (Å²) < 4.78 is 6.90. The highest BCUT2D eigenvalue weighted by Gasteiger charge is 2.51. The minimum absolute atomic E-state index is 0.633. The molecule has 0 amide bonds. The molecule has 0 fully saturated rings. The van der Waals surface area contributed by atoms with E-state index in [4.69, 9.17) is 4.74 Å². The lowest BCUT2D eigenvalue weighted by Gasteiger charge is -2.39. The molecule has 1 aliphatic carbocycles. The third-order valence-corrected chi connectivity index (χ3v) is 14.9. The highest BCUT2D eigenvalue weighted by Crippen LogP contribution is 2.63. The molecule has 0 N–H and O–H groups in total. The van der Waals surface area contributed by atoms with E-state index in [1.165, 1.54) is 43.8 Å². The van der Waals surface area contributed by atoms with E-state index in [-0.39, 0.29) is 0 Å². The van der Waals surface area contributed by atoms with E-state index < -0.39 is 5.41 Å². The number of benzene rings is 12. The Bertz CT molecular complexity index is 4030. The molecule has 3 heteroatoms. The van der Waals surface area contributed by atoms with E-state index in [0.29, 0.717) is 0 Å². The number of hydrogen-bond donors (Lipinski definition) is 0. The van der Waals surface area contributed by atoms with Crippen LogP contribution in [0.15, 0.2) is 279 Å². The van der Waals surface area contributed by atoms with Crippen molar-refractivity contribution < 1.29 is 4.74 Å². The van der Waals surface area contributed by atoms with Gasteiger partial charge in [-0.25, -0.2) is 0 Å². The van der Waals surface area contributed by atoms with Gasteiger partial charge in [0, 0.05) is 45.1 Å². The first-order valence-electron chi connectivity index (χ1n) is 24.7. The van der Waals surface area contributed by atoms with Crippen molar-refractivity contribution in [1.29, 1.82) is 0 Å². The van der Waals surface area contributed by atoms with Gasteiger partial charge in [0.2, 0.25) is 0 Å². The topological polar surface area (TPSA) is 15.7 Å². The Morgan fingerprint density at radius 2 is 0.736 bits per heavy atom. The fraction of sp³-hybridized carbons (Fsp3) is 0.0145. The molecule has 0 radical (unpaired) electrons. The summed E-state index contributed by atoms with van der Waals surface area (Å²) in [7, 11) is 0. The van der Waals surface area contributed by atoms with Crippen molar-refractivity contribution in [2.75, 3.05) is 9.80 Å². The summed E-state index contributed by atoms with van der Waals surface area (Å²) in [6.07, 6.45) is 0. The van der Waals surface area contributed by atoms with E-state index in [2.05, 4.69) is 289 Å². The molecule has 0 saturated carbocycles. The third kappa shape index (κ3) is 6.66. The molecule has 1 spiro atoms. The lowest BCUT2D eigenvalue weighted by Crippen LogP contribution is -2.32. The monoisotopic (exact) mass is 918 g/mol. The van der Waals surface area contributed by atoms with Gasteiger partial charge in [-0.1, -0.05) is 188 Å². The quantitative estimate of drug-likeness (QED) is 0.151. The first-order chi connectivity index (χ1) is 35.7. The first-order valence-corrected chi connectivity index (χ1v) is 24.7. The van der Waals surface area contributed by atoms with Gasteiger partial charge in [-0.2, -0.15) is 0 Å². The van der Waals surface area contributed by atoms with Crippen LogP contribution in [0.3, 0.4) is 0 Å². The second-order valence-corrected chi connectivity index (χ2v) is 18.8. The van der Waals surface area contributed by atoms with Crippen molar-refractivity contribution in [1.82, 2.24) is 0 Å². The highest BCUT2D eigenvalue weighted by molar-refractivity contribution is 5.96. The Balaban J connectivity index is 0.905. The van der Waals surface area contributed by atoms with Crippen LogP contribution in [0.25, 0.3) is 54.9 Å². The van der Waals surface area contributed by atoms with Gasteiger partial charge in [0.1, 0.15) is 11.5 Å². The van der Waals surface area contributed by atoms with Gasteiger partial charge in [0.25, 0.3) is 0 Å². The molecule has 0 saturated heterocycles. The number of fused-ring (bicyclic) bond motifs is 11. The molecule has 12 aromatic rings. The third-order valence-electron chi connectivity index (χ3n) is 14.9. The average Bonchev–Trinajstić information content (AvgIpc) is 3.74. The Hall–Kier alpha value is -9.44. The number of nitrogens with zero attached hydrogens (tertiary/aromatic N) is 2. The molecule has 14 rings (SSSR count). The first kappa shape index (κ1) is 41.5. The maximum atomic E-state index is 6.90. The zero-order chi connectivity index (χ0) is 47.6. The van der Waals surface area contributed by atoms with Crippen LogP contribution in [-0.4, -0.2) is 0 Å². The molecular formula is C69H46N2O. The maximum absolute atomic E-state index is 6.90. The van der Waals surface area contributed by atoms with Crippen LogP contribution in [0.1, 0.15) is 22.3 Å². The van der Waals surface area contributed by atoms with E-state index >= 15 is 0 Å². The minimum Gasteiger partial charge on any atom is -0.457 e. The van der Waals surface area contributed by atoms with Gasteiger partial charge in [0.05, 0.1) is 11.1 Å². The van der Waals surface area contributed by atoms with Crippen LogP contribution in [-0.2, 0) is 5.41 Å². The molecule has 1 heterocycles. The van der Waals surface area contributed by atoms with Gasteiger partial charge in [-0.15, -0.1) is 0 Å². The molecule has 1 unspecified atom stereocenters. The van der Waals surface area contributed by atoms with Gasteiger partial charge in [0.15, 0.2) is 0 Å². The van der Waals surface area contributed by atoms with E-state index in [9.17, 15) is 0 Å². The summed E-state index contributed by atoms with van der Waals surface area (Å²) >= 11 is 0. The smallest absolute Gasteiger partial charge is 0.132 e. The van der Waals surface area contributed by atoms with Crippen LogP contribution < -0.4 is 14.5 Å². The van der Waals surface area contributed by atoms with Gasteiger partial charge >= 0.3 is 0 Å². The Morgan fingerprint density at radius 1 is 0.250 bits per heavy atom. The van der Waals surface area contributed by atoms with E-state index in [1.54, 1.807) is 0 Å². The summed E-state index contributed by atoms with van der Waals surface area (Å²) in [5.41, 5.74) is 17.8. The normalized spacial score (nSPS) is 14.0. The number of anilines is 6. The van der Waals surface area contributed by atoms with Crippen molar-refractivity contribution in [2.24, 2.45) is 0 Å². The van der Waals surface area contributed by atoms with Crippen LogP contribution >= 0.6 is 0 Å². The fourth-order valence-corrected chi connectivity index (χ4v) is 11.6. The Labute approximate surface area is 419 Å². The molecule has 2 aliphatic rings. The molecule has 72 heavy (non-hydrogen) atoms. The standard InChI is InChI=1S/C69H46N2O/c1-3-21-54(22-4-1)70(57-39-33-47-17-7-9-19-50(47)43-57)56-37-31-49(32-38-56)52-36-42-68-65(46-52)69(64-28-14-16-30-67(64)72-68)62-27-13-11-26-60(62)61-45-53(35-41-63(61)69)59-25-12-15-29-66(59)71(55-23-5-2-6-24-55)58-40-34-48-18-8-10-20-51(48)44-58/h1-46H. The maximum Gasteiger partial charge on any atom is 0.132 e. The fourth-order valence-electron chi connectivity index (χ4n) is 11.6. The average molecular weight is 919 g/mol. The molecule has 338 valence electrons. The van der Waals surface area contributed by atoms with Gasteiger partial charge in [-0.05, 0) is 151 Å². The lowest BCUT2D eigenvalue weighted by molar-refractivity contribution is 0.436. The second-order valence-electron chi connectivity index (χ2n) is 18.8. The zero-order valence-electron chi connectivity index (χ0n) is 39.4. The second kappa shape index (κ2) is 16.9. The minimum atomic E-state index is -0.633. The Kier molecular flexibility index (Phi) is 9.75. The van der Waals surface area contributed by atoms with Crippen molar-refractivity contribution in [2.45, 2.75) is 5.41 Å². The van der Waals surface area contributed by atoms with Crippen molar-refractivity contribution >= 4 is 55.7 Å². The summed E-state index contributed by atoms with van der Waals surface area (Å²) in [6.45, 7) is 0. The van der Waals surface area contributed by atoms with Crippen LogP contribution in [0.2, 0.25) is 0 Å². The van der Waals surface area contributed by atoms with Crippen molar-refractivity contribution in [3.8, 4) is 44.9 Å². The largest absolute Gasteiger partial charge is 0.457 e. The summed E-state index contributed by atoms with van der Waals surface area (Å²) in [6, 6.07) is 101. The summed E-state index contributed by atoms with van der Waals surface area (Å²) in [5.74, 6) is 1.74. The Morgan fingerprint density at radius 3 is 1.44 bits per heavy atom. The van der Waals surface area contributed by atoms with Crippen molar-refractivity contribution in [3.05, 3.63) is 301 Å². The SMILES string of the molecule is c1ccc(N(c2ccc(-c3ccc4c(c3)C3(c5ccccc5O4)c4ccccc4-c4cc(-c5ccccc5N(c5ccccc5)c5ccc6ccccc6c5)ccc43)cc2)c2ccc3ccccc3c2)cc1. The molecule has 0 bridgehead atoms. The number of hydrogen-bond acceptors (Lipinski definition) is 3. The molecular weight excluding hydrogens is 873 g/mol. The molecule has 1 atom stereocenters. The molecule has 0 aromatic heterocycles. The van der Waals surface area contributed by atoms with Crippen LogP contribution in [0, 0.1) is 0 Å². The predicted molar refractivity (Wildman–Crippen MR) is 299 cm³/mol. The van der Waals surface area contributed by atoms with Gasteiger partial charge in [-0.3, -0.25) is 0 Å². The van der Waals surface area contributed by atoms with Crippen LogP contribution in [0.4, 0.5) is 34.1 Å². The number of ether oxygens (including phenoxy) is 1. The lowest BCUT2D eigenvalue weighted by atomic mass is 9.65. The van der Waals surface area contributed by atoms with Crippen LogP contribution in [0.5, 0.6) is 11.5 Å². The predicted octanol–water partition coefficient (Wildman–Crippen LogP) is 18.7. The summed E-state index contributed by atoms with van der Waals surface area (Å²) in [5, 5.41) is 4.86. The summed E-state index contributed by atoms with van der Waals surface area (Å²) in [4.78, 5) is 4.73.